The lowest BCUT2D eigenvalue weighted by molar-refractivity contribution is -0.179. The van der Waals surface area contributed by atoms with Crippen LogP contribution in [0.4, 0.5) is 17.6 Å². The molecule has 1 aliphatic heterocycles. The molecule has 0 spiro atoms. The number of hydrogen-bond acceptors (Lipinski definition) is 4. The zero-order chi connectivity index (χ0) is 22.6. The first kappa shape index (κ1) is 23.6. The average molecular weight is 466 g/mol. The second kappa shape index (κ2) is 10.0. The highest BCUT2D eigenvalue weighted by Gasteiger charge is 2.41. The fraction of sp³-hybridized carbons (Fsp3) is 0.600. The lowest BCUT2D eigenvalue weighted by Gasteiger charge is -2.35. The van der Waals surface area contributed by atoms with Gasteiger partial charge in [-0.3, -0.25) is 9.59 Å². The molecule has 2 fully saturated rings. The zero-order valence-electron chi connectivity index (χ0n) is 16.6. The molecule has 2 amide bonds. The highest BCUT2D eigenvalue weighted by atomic mass is 35.5. The normalized spacial score (nSPS) is 26.0. The van der Waals surface area contributed by atoms with E-state index in [-0.39, 0.29) is 66.7 Å². The van der Waals surface area contributed by atoms with Gasteiger partial charge in [0.1, 0.15) is 11.6 Å². The van der Waals surface area contributed by atoms with Gasteiger partial charge < -0.3 is 20.7 Å². The van der Waals surface area contributed by atoms with Crippen molar-refractivity contribution in [1.29, 1.82) is 0 Å². The number of carbonyl (C=O) groups excluding carboxylic acids is 2. The van der Waals surface area contributed by atoms with Crippen molar-refractivity contribution in [2.75, 3.05) is 19.7 Å². The topological polar surface area (TPSA) is 79.5 Å². The van der Waals surface area contributed by atoms with Crippen molar-refractivity contribution in [3.8, 4) is 5.75 Å². The monoisotopic (exact) mass is 465 g/mol. The number of carbonyl (C=O) groups is 2. The number of nitrogens with one attached hydrogen (secondary N) is 3. The zero-order valence-corrected chi connectivity index (χ0v) is 17.4. The molecule has 1 aromatic rings. The molecular weight excluding hydrogens is 442 g/mol. The highest BCUT2D eigenvalue weighted by Crippen LogP contribution is 2.32. The number of ether oxygens (including phenoxy) is 1. The first-order valence-electron chi connectivity index (χ1n) is 10.1. The SMILES string of the molecule is O=C(COc1ccc(Cl)c(F)c1)NC1CC(C(=O)NCC2CCC(C(F)(F)F)CN2)C1. The van der Waals surface area contributed by atoms with Crippen LogP contribution in [0.1, 0.15) is 25.7 Å². The van der Waals surface area contributed by atoms with Crippen LogP contribution in [0.5, 0.6) is 5.75 Å². The number of hydrogen-bond donors (Lipinski definition) is 3. The van der Waals surface area contributed by atoms with Gasteiger partial charge in [0.2, 0.25) is 5.91 Å². The van der Waals surface area contributed by atoms with Gasteiger partial charge in [0, 0.05) is 37.2 Å². The van der Waals surface area contributed by atoms with Gasteiger partial charge in [0.25, 0.3) is 5.91 Å². The van der Waals surface area contributed by atoms with Crippen LogP contribution in [0.15, 0.2) is 18.2 Å². The quantitative estimate of drug-likeness (QED) is 0.541. The van der Waals surface area contributed by atoms with E-state index in [0.717, 1.165) is 6.07 Å². The first-order valence-corrected chi connectivity index (χ1v) is 10.4. The van der Waals surface area contributed by atoms with E-state index in [4.69, 9.17) is 16.3 Å². The van der Waals surface area contributed by atoms with Gasteiger partial charge in [-0.1, -0.05) is 11.6 Å². The summed E-state index contributed by atoms with van der Waals surface area (Å²) in [4.78, 5) is 24.1. The predicted molar refractivity (Wildman–Crippen MR) is 105 cm³/mol. The molecule has 31 heavy (non-hydrogen) atoms. The van der Waals surface area contributed by atoms with Gasteiger partial charge >= 0.3 is 6.18 Å². The van der Waals surface area contributed by atoms with Crippen molar-refractivity contribution in [2.24, 2.45) is 11.8 Å². The van der Waals surface area contributed by atoms with E-state index in [1.165, 1.54) is 12.1 Å². The number of amides is 2. The molecule has 2 atom stereocenters. The Labute approximate surface area is 182 Å². The van der Waals surface area contributed by atoms with Crippen molar-refractivity contribution in [3.05, 3.63) is 29.0 Å². The molecule has 1 saturated heterocycles. The highest BCUT2D eigenvalue weighted by molar-refractivity contribution is 6.30. The molecule has 0 radical (unpaired) electrons. The third-order valence-electron chi connectivity index (χ3n) is 5.64. The maximum absolute atomic E-state index is 13.3. The smallest absolute Gasteiger partial charge is 0.393 e. The number of benzene rings is 1. The molecule has 1 saturated carbocycles. The molecule has 1 aromatic carbocycles. The van der Waals surface area contributed by atoms with Crippen LogP contribution in [-0.4, -0.2) is 49.8 Å². The number of halogens is 5. The molecule has 2 aliphatic rings. The summed E-state index contributed by atoms with van der Waals surface area (Å²) in [6, 6.07) is 3.54. The molecule has 6 nitrogen and oxygen atoms in total. The van der Waals surface area contributed by atoms with Crippen LogP contribution in [0, 0.1) is 17.7 Å². The van der Waals surface area contributed by atoms with Crippen molar-refractivity contribution in [1.82, 2.24) is 16.0 Å². The van der Waals surface area contributed by atoms with Gasteiger partial charge in [-0.2, -0.15) is 13.2 Å². The molecular formula is C20H24ClF4N3O3. The van der Waals surface area contributed by atoms with Gasteiger partial charge in [-0.05, 0) is 37.8 Å². The van der Waals surface area contributed by atoms with Crippen molar-refractivity contribution < 1.29 is 31.9 Å². The van der Waals surface area contributed by atoms with E-state index in [1.807, 2.05) is 0 Å². The maximum atomic E-state index is 13.3. The van der Waals surface area contributed by atoms with Gasteiger partial charge in [-0.25, -0.2) is 4.39 Å². The van der Waals surface area contributed by atoms with E-state index in [2.05, 4.69) is 16.0 Å². The summed E-state index contributed by atoms with van der Waals surface area (Å²) >= 11 is 5.58. The van der Waals surface area contributed by atoms with E-state index < -0.39 is 17.9 Å². The lowest BCUT2D eigenvalue weighted by Crippen LogP contribution is -2.53. The van der Waals surface area contributed by atoms with Crippen LogP contribution in [0.3, 0.4) is 0 Å². The standard InChI is InChI=1S/C20H24ClF4N3O3/c21-16-4-3-15(7-17(16)22)31-10-18(29)28-14-5-11(6-14)19(30)27-9-13-2-1-12(8-26-13)20(23,24)25/h3-4,7,11-14,26H,1-2,5-6,8-10H2,(H,27,30)(H,28,29). The minimum Gasteiger partial charge on any atom is -0.484 e. The van der Waals surface area contributed by atoms with E-state index >= 15 is 0 Å². The fourth-order valence-corrected chi connectivity index (χ4v) is 3.79. The molecule has 172 valence electrons. The first-order chi connectivity index (χ1) is 14.6. The molecule has 3 rings (SSSR count). The molecule has 0 bridgehead atoms. The summed E-state index contributed by atoms with van der Waals surface area (Å²) < 4.78 is 56.6. The molecule has 2 unspecified atom stereocenters. The second-order valence-electron chi connectivity index (χ2n) is 7.96. The fourth-order valence-electron chi connectivity index (χ4n) is 3.67. The summed E-state index contributed by atoms with van der Waals surface area (Å²) in [6.07, 6.45) is -2.84. The van der Waals surface area contributed by atoms with Crippen LogP contribution < -0.4 is 20.7 Å². The Hall–Kier alpha value is -2.07. The summed E-state index contributed by atoms with van der Waals surface area (Å²) in [7, 11) is 0. The number of rotatable bonds is 7. The third-order valence-corrected chi connectivity index (χ3v) is 5.94. The van der Waals surface area contributed by atoms with E-state index in [1.54, 1.807) is 0 Å². The van der Waals surface area contributed by atoms with Crippen LogP contribution in [0.25, 0.3) is 0 Å². The largest absolute Gasteiger partial charge is 0.484 e. The molecule has 11 heteroatoms. The summed E-state index contributed by atoms with van der Waals surface area (Å²) in [5.74, 6) is -2.60. The molecule has 0 aromatic heterocycles. The Morgan fingerprint density at radius 3 is 2.58 bits per heavy atom. The number of piperidine rings is 1. The van der Waals surface area contributed by atoms with Gasteiger partial charge in [0.15, 0.2) is 6.61 Å². The minimum absolute atomic E-state index is 0.0413. The Morgan fingerprint density at radius 2 is 1.97 bits per heavy atom. The Balaban J connectivity index is 1.29. The molecule has 1 aliphatic carbocycles. The molecule has 3 N–H and O–H groups in total. The molecule has 1 heterocycles. The summed E-state index contributed by atoms with van der Waals surface area (Å²) in [5.41, 5.74) is 0. The second-order valence-corrected chi connectivity index (χ2v) is 8.37. The minimum atomic E-state index is -4.19. The van der Waals surface area contributed by atoms with Crippen LogP contribution in [0.2, 0.25) is 5.02 Å². The number of alkyl halides is 3. The van der Waals surface area contributed by atoms with Crippen LogP contribution in [-0.2, 0) is 9.59 Å². The van der Waals surface area contributed by atoms with E-state index in [9.17, 15) is 27.2 Å². The predicted octanol–water partition coefficient (Wildman–Crippen LogP) is 2.80. The maximum Gasteiger partial charge on any atom is 0.393 e. The summed E-state index contributed by atoms with van der Waals surface area (Å²) in [6.45, 7) is -0.143. The lowest BCUT2D eigenvalue weighted by atomic mass is 9.79. The summed E-state index contributed by atoms with van der Waals surface area (Å²) in [5, 5.41) is 8.31. The van der Waals surface area contributed by atoms with Gasteiger partial charge in [-0.15, -0.1) is 0 Å². The van der Waals surface area contributed by atoms with Crippen LogP contribution >= 0.6 is 11.6 Å². The van der Waals surface area contributed by atoms with Crippen molar-refractivity contribution in [3.63, 3.8) is 0 Å². The Kier molecular flexibility index (Phi) is 7.64. The van der Waals surface area contributed by atoms with Crippen molar-refractivity contribution in [2.45, 2.75) is 43.9 Å². The van der Waals surface area contributed by atoms with E-state index in [0.29, 0.717) is 19.3 Å². The van der Waals surface area contributed by atoms with Crippen molar-refractivity contribution >= 4 is 23.4 Å². The third kappa shape index (κ3) is 6.70. The average Bonchev–Trinajstić information content (AvgIpc) is 2.69. The Bertz CT molecular complexity index is 794. The Morgan fingerprint density at radius 1 is 1.23 bits per heavy atom. The van der Waals surface area contributed by atoms with Gasteiger partial charge in [0.05, 0.1) is 10.9 Å².